The summed E-state index contributed by atoms with van der Waals surface area (Å²) in [7, 11) is -1.35. The summed E-state index contributed by atoms with van der Waals surface area (Å²) in [6.07, 6.45) is 2.41. The van der Waals surface area contributed by atoms with E-state index in [4.69, 9.17) is 10.6 Å². The summed E-state index contributed by atoms with van der Waals surface area (Å²) in [6, 6.07) is 5.54. The minimum absolute atomic E-state index is 0.134. The molecule has 0 aliphatic rings. The molecule has 0 bridgehead atoms. The lowest BCUT2D eigenvalue weighted by Gasteiger charge is -2.19. The standard InChI is InChI=1S/C12H19BrN2O3S/c1-18-12-8-9(13)5-6-10(12)11(15-14)4-3-7-19(2,16)17/h5-6,8,11,15H,3-4,7,14H2,1-2H3. The molecule has 0 heterocycles. The summed E-state index contributed by atoms with van der Waals surface area (Å²) >= 11 is 3.38. The Morgan fingerprint density at radius 3 is 2.68 bits per heavy atom. The Labute approximate surface area is 122 Å². The first-order chi connectivity index (χ1) is 8.87. The molecule has 0 saturated carbocycles. The molecule has 1 unspecified atom stereocenters. The lowest BCUT2D eigenvalue weighted by molar-refractivity contribution is 0.395. The number of hydrogen-bond donors (Lipinski definition) is 2. The Morgan fingerprint density at radius 2 is 2.16 bits per heavy atom. The fraction of sp³-hybridized carbons (Fsp3) is 0.500. The second-order valence-corrected chi connectivity index (χ2v) is 7.55. The van der Waals surface area contributed by atoms with Crippen molar-refractivity contribution in [3.63, 3.8) is 0 Å². The van der Waals surface area contributed by atoms with E-state index in [0.29, 0.717) is 12.8 Å². The van der Waals surface area contributed by atoms with Gasteiger partial charge in [-0.3, -0.25) is 11.3 Å². The van der Waals surface area contributed by atoms with E-state index in [1.807, 2.05) is 18.2 Å². The molecular formula is C12H19BrN2O3S. The lowest BCUT2D eigenvalue weighted by Crippen LogP contribution is -2.28. The van der Waals surface area contributed by atoms with Crippen LogP contribution >= 0.6 is 15.9 Å². The molecule has 19 heavy (non-hydrogen) atoms. The van der Waals surface area contributed by atoms with Crippen molar-refractivity contribution in [2.45, 2.75) is 18.9 Å². The first-order valence-electron chi connectivity index (χ1n) is 5.84. The highest BCUT2D eigenvalue weighted by atomic mass is 79.9. The normalized spacial score (nSPS) is 13.3. The number of sulfone groups is 1. The number of rotatable bonds is 7. The number of hydrazine groups is 1. The summed E-state index contributed by atoms with van der Waals surface area (Å²) in [6.45, 7) is 0. The number of hydrogen-bond acceptors (Lipinski definition) is 5. The van der Waals surface area contributed by atoms with Crippen LogP contribution in [0.25, 0.3) is 0 Å². The monoisotopic (exact) mass is 350 g/mol. The highest BCUT2D eigenvalue weighted by Crippen LogP contribution is 2.30. The summed E-state index contributed by atoms with van der Waals surface area (Å²) < 4.78 is 28.5. The van der Waals surface area contributed by atoms with Crippen LogP contribution in [-0.4, -0.2) is 27.5 Å². The van der Waals surface area contributed by atoms with E-state index in [1.165, 1.54) is 6.26 Å². The lowest BCUT2D eigenvalue weighted by atomic mass is 10.0. The molecule has 1 aromatic rings. The number of halogens is 1. The molecule has 1 atom stereocenters. The number of nitrogens with one attached hydrogen (secondary N) is 1. The molecule has 108 valence electrons. The number of benzene rings is 1. The van der Waals surface area contributed by atoms with Crippen molar-refractivity contribution in [2.75, 3.05) is 19.1 Å². The molecular weight excluding hydrogens is 332 g/mol. The van der Waals surface area contributed by atoms with Crippen LogP contribution in [0.3, 0.4) is 0 Å². The molecule has 5 nitrogen and oxygen atoms in total. The first kappa shape index (κ1) is 16.4. The predicted octanol–water partition coefficient (Wildman–Crippen LogP) is 1.79. The Kier molecular flexibility index (Phi) is 6.25. The minimum Gasteiger partial charge on any atom is -0.496 e. The Morgan fingerprint density at radius 1 is 1.47 bits per heavy atom. The third-order valence-electron chi connectivity index (χ3n) is 2.78. The number of methoxy groups -OCH3 is 1. The van der Waals surface area contributed by atoms with Crippen LogP contribution in [0, 0.1) is 0 Å². The average Bonchev–Trinajstić information content (AvgIpc) is 2.34. The Hall–Kier alpha value is -0.630. The van der Waals surface area contributed by atoms with Crippen LogP contribution in [-0.2, 0) is 9.84 Å². The summed E-state index contributed by atoms with van der Waals surface area (Å²) in [5.74, 6) is 6.43. The highest BCUT2D eigenvalue weighted by molar-refractivity contribution is 9.10. The maximum Gasteiger partial charge on any atom is 0.147 e. The van der Waals surface area contributed by atoms with Crippen molar-refractivity contribution in [2.24, 2.45) is 5.84 Å². The van der Waals surface area contributed by atoms with Gasteiger partial charge in [-0.05, 0) is 25.0 Å². The van der Waals surface area contributed by atoms with E-state index < -0.39 is 9.84 Å². The molecule has 0 aliphatic heterocycles. The van der Waals surface area contributed by atoms with E-state index in [1.54, 1.807) is 7.11 Å². The number of nitrogens with two attached hydrogens (primary N) is 1. The third kappa shape index (κ3) is 5.48. The van der Waals surface area contributed by atoms with Crippen molar-refractivity contribution in [3.8, 4) is 5.75 Å². The summed E-state index contributed by atoms with van der Waals surface area (Å²) in [5.41, 5.74) is 3.63. The van der Waals surface area contributed by atoms with Gasteiger partial charge in [0.05, 0.1) is 7.11 Å². The zero-order chi connectivity index (χ0) is 14.5. The zero-order valence-corrected chi connectivity index (χ0v) is 13.4. The zero-order valence-electron chi connectivity index (χ0n) is 11.0. The molecule has 0 amide bonds. The van der Waals surface area contributed by atoms with E-state index >= 15 is 0 Å². The van der Waals surface area contributed by atoms with Crippen LogP contribution in [0.15, 0.2) is 22.7 Å². The third-order valence-corrected chi connectivity index (χ3v) is 4.30. The molecule has 3 N–H and O–H groups in total. The molecule has 0 fully saturated rings. The maximum absolute atomic E-state index is 11.1. The van der Waals surface area contributed by atoms with Gasteiger partial charge in [0.25, 0.3) is 0 Å². The van der Waals surface area contributed by atoms with Gasteiger partial charge < -0.3 is 4.74 Å². The van der Waals surface area contributed by atoms with E-state index in [-0.39, 0.29) is 11.8 Å². The van der Waals surface area contributed by atoms with Gasteiger partial charge in [0.1, 0.15) is 15.6 Å². The van der Waals surface area contributed by atoms with Gasteiger partial charge >= 0.3 is 0 Å². The van der Waals surface area contributed by atoms with Crippen LogP contribution in [0.4, 0.5) is 0 Å². The first-order valence-corrected chi connectivity index (χ1v) is 8.70. The SMILES string of the molecule is COc1cc(Br)ccc1C(CCCS(C)(=O)=O)NN. The minimum atomic E-state index is -2.94. The second kappa shape index (κ2) is 7.23. The fourth-order valence-corrected chi connectivity index (χ4v) is 2.88. The maximum atomic E-state index is 11.1. The Bertz CT molecular complexity index is 520. The largest absolute Gasteiger partial charge is 0.496 e. The molecule has 1 rings (SSSR count). The van der Waals surface area contributed by atoms with Gasteiger partial charge in [0, 0.05) is 28.1 Å². The Balaban J connectivity index is 2.79. The van der Waals surface area contributed by atoms with Gasteiger partial charge in [0.2, 0.25) is 0 Å². The summed E-state index contributed by atoms with van der Waals surface area (Å²) in [4.78, 5) is 0. The van der Waals surface area contributed by atoms with Crippen molar-refractivity contribution >= 4 is 25.8 Å². The van der Waals surface area contributed by atoms with Crippen molar-refractivity contribution < 1.29 is 13.2 Å². The molecule has 0 saturated heterocycles. The molecule has 0 spiro atoms. The molecule has 1 aromatic carbocycles. The predicted molar refractivity (Wildman–Crippen MR) is 79.7 cm³/mol. The smallest absolute Gasteiger partial charge is 0.147 e. The molecule has 7 heteroatoms. The van der Waals surface area contributed by atoms with Gasteiger partial charge in [-0.15, -0.1) is 0 Å². The van der Waals surface area contributed by atoms with Crippen LogP contribution in [0.1, 0.15) is 24.4 Å². The van der Waals surface area contributed by atoms with Gasteiger partial charge in [0.15, 0.2) is 0 Å². The van der Waals surface area contributed by atoms with Gasteiger partial charge in [-0.25, -0.2) is 8.42 Å². The molecule has 0 aliphatic carbocycles. The van der Waals surface area contributed by atoms with E-state index in [9.17, 15) is 8.42 Å². The van der Waals surface area contributed by atoms with Crippen molar-refractivity contribution in [1.29, 1.82) is 0 Å². The van der Waals surface area contributed by atoms with Crippen molar-refractivity contribution in [3.05, 3.63) is 28.2 Å². The van der Waals surface area contributed by atoms with Gasteiger partial charge in [-0.2, -0.15) is 0 Å². The van der Waals surface area contributed by atoms with Crippen LogP contribution in [0.5, 0.6) is 5.75 Å². The average molecular weight is 351 g/mol. The van der Waals surface area contributed by atoms with E-state index in [0.717, 1.165) is 15.8 Å². The van der Waals surface area contributed by atoms with Crippen molar-refractivity contribution in [1.82, 2.24) is 5.43 Å². The fourth-order valence-electron chi connectivity index (χ4n) is 1.85. The van der Waals surface area contributed by atoms with Gasteiger partial charge in [-0.1, -0.05) is 22.0 Å². The number of ether oxygens (including phenoxy) is 1. The van der Waals surface area contributed by atoms with Crippen LogP contribution < -0.4 is 16.0 Å². The summed E-state index contributed by atoms with van der Waals surface area (Å²) in [5, 5.41) is 0. The topological polar surface area (TPSA) is 81.4 Å². The molecule has 0 aromatic heterocycles. The molecule has 0 radical (unpaired) electrons. The second-order valence-electron chi connectivity index (χ2n) is 4.38. The highest BCUT2D eigenvalue weighted by Gasteiger charge is 2.15. The van der Waals surface area contributed by atoms with E-state index in [2.05, 4.69) is 21.4 Å². The van der Waals surface area contributed by atoms with Crippen LogP contribution in [0.2, 0.25) is 0 Å². The quantitative estimate of drug-likeness (QED) is 0.578.